The van der Waals surface area contributed by atoms with Crippen LogP contribution in [0.25, 0.3) is 11.0 Å². The number of hydrogen-bond acceptors (Lipinski definition) is 8. The number of rotatable bonds is 11. The van der Waals surface area contributed by atoms with Gasteiger partial charge in [-0.15, -0.1) is 0 Å². The third kappa shape index (κ3) is 9.35. The number of alkyl carbamates (subject to hydrolysis) is 2. The Balaban J connectivity index is 1.19. The number of ether oxygens (including phenoxy) is 2. The van der Waals surface area contributed by atoms with Crippen LogP contribution in [0.3, 0.4) is 0 Å². The molecule has 2 aliphatic heterocycles. The number of nitrogens with zero attached hydrogens (tertiary/aromatic N) is 3. The summed E-state index contributed by atoms with van der Waals surface area (Å²) in [6.07, 6.45) is 2.83. The Morgan fingerprint density at radius 1 is 0.811 bits per heavy atom. The first-order chi connectivity index (χ1) is 25.4. The molecular weight excluding hydrogens is 676 g/mol. The fraction of sp³-hybridized carbons (Fsp3) is 0.500. The maximum Gasteiger partial charge on any atom is 0.407 e. The van der Waals surface area contributed by atoms with Crippen molar-refractivity contribution in [2.24, 2.45) is 11.8 Å². The molecule has 2 unspecified atom stereocenters. The zero-order valence-electron chi connectivity index (χ0n) is 31.4. The van der Waals surface area contributed by atoms with Gasteiger partial charge in [0.25, 0.3) is 0 Å². The van der Waals surface area contributed by atoms with Gasteiger partial charge in [-0.25, -0.2) is 14.6 Å². The SMILES string of the molecule is COC(=O)N[C@@H](C(=O)N1CCCC1CCC(=O)c1ccc(C#Cc2ccc3nc(C4CCCN4C(=O)[C@H](NC(=O)OC)C(C)C)[nH]c3c2)cc1)C(C)C. The summed E-state index contributed by atoms with van der Waals surface area (Å²) in [7, 11) is 2.55. The quantitative estimate of drug-likeness (QED) is 0.176. The number of amides is 4. The molecule has 4 atom stereocenters. The summed E-state index contributed by atoms with van der Waals surface area (Å²) < 4.78 is 9.45. The van der Waals surface area contributed by atoms with Gasteiger partial charge in [0.05, 0.1) is 31.3 Å². The fourth-order valence-electron chi connectivity index (χ4n) is 7.09. The number of H-pyrrole nitrogens is 1. The van der Waals surface area contributed by atoms with Crippen LogP contribution in [0.5, 0.6) is 0 Å². The fourth-order valence-corrected chi connectivity index (χ4v) is 7.09. The lowest BCUT2D eigenvalue weighted by Gasteiger charge is -2.30. The number of aromatic amines is 1. The van der Waals surface area contributed by atoms with Crippen LogP contribution in [0.1, 0.15) is 99.6 Å². The summed E-state index contributed by atoms with van der Waals surface area (Å²) in [6.45, 7) is 8.70. The lowest BCUT2D eigenvalue weighted by molar-refractivity contribution is -0.136. The highest BCUT2D eigenvalue weighted by molar-refractivity contribution is 5.96. The van der Waals surface area contributed by atoms with Crippen molar-refractivity contribution in [3.8, 4) is 11.8 Å². The van der Waals surface area contributed by atoms with Gasteiger partial charge in [-0.1, -0.05) is 51.7 Å². The first-order valence-electron chi connectivity index (χ1n) is 18.3. The summed E-state index contributed by atoms with van der Waals surface area (Å²) >= 11 is 0. The van der Waals surface area contributed by atoms with Crippen LogP contribution < -0.4 is 10.6 Å². The van der Waals surface area contributed by atoms with Crippen LogP contribution >= 0.6 is 0 Å². The summed E-state index contributed by atoms with van der Waals surface area (Å²) in [6, 6.07) is 11.3. The number of carbonyl (C=O) groups excluding carboxylic acids is 5. The minimum Gasteiger partial charge on any atom is -0.453 e. The lowest BCUT2D eigenvalue weighted by Crippen LogP contribution is -2.52. The first kappa shape index (κ1) is 38.8. The lowest BCUT2D eigenvalue weighted by atomic mass is 9.99. The van der Waals surface area contributed by atoms with Gasteiger partial charge in [0.2, 0.25) is 11.8 Å². The Bertz CT molecular complexity index is 1880. The second-order valence-corrected chi connectivity index (χ2v) is 14.4. The Hall–Kier alpha value is -5.38. The molecule has 2 saturated heterocycles. The van der Waals surface area contributed by atoms with E-state index in [4.69, 9.17) is 14.5 Å². The highest BCUT2D eigenvalue weighted by atomic mass is 16.5. The number of carbonyl (C=O) groups is 5. The topological polar surface area (TPSA) is 163 Å². The van der Waals surface area contributed by atoms with Crippen molar-refractivity contribution in [1.82, 2.24) is 30.4 Å². The van der Waals surface area contributed by atoms with Crippen molar-refractivity contribution in [3.63, 3.8) is 0 Å². The summed E-state index contributed by atoms with van der Waals surface area (Å²) in [5, 5.41) is 5.33. The van der Waals surface area contributed by atoms with E-state index in [0.717, 1.165) is 47.8 Å². The molecule has 0 aliphatic carbocycles. The van der Waals surface area contributed by atoms with Gasteiger partial charge in [0.15, 0.2) is 5.78 Å². The zero-order chi connectivity index (χ0) is 38.2. The van der Waals surface area contributed by atoms with Gasteiger partial charge < -0.3 is 34.9 Å². The predicted octanol–water partition coefficient (Wildman–Crippen LogP) is 5.34. The van der Waals surface area contributed by atoms with Crippen LogP contribution in [0.2, 0.25) is 0 Å². The van der Waals surface area contributed by atoms with Gasteiger partial charge >= 0.3 is 12.2 Å². The highest BCUT2D eigenvalue weighted by Crippen LogP contribution is 2.33. The number of imidazole rings is 1. The van der Waals surface area contributed by atoms with Gasteiger partial charge in [-0.3, -0.25) is 14.4 Å². The number of fused-ring (bicyclic) bond motifs is 1. The first-order valence-corrected chi connectivity index (χ1v) is 18.3. The molecule has 13 nitrogen and oxygen atoms in total. The van der Waals surface area contributed by atoms with E-state index in [1.165, 1.54) is 14.2 Å². The van der Waals surface area contributed by atoms with Crippen LogP contribution in [-0.4, -0.2) is 95.0 Å². The number of benzene rings is 2. The highest BCUT2D eigenvalue weighted by Gasteiger charge is 2.38. The number of hydrogen-bond donors (Lipinski definition) is 3. The molecule has 3 heterocycles. The number of aromatic nitrogens is 2. The van der Waals surface area contributed by atoms with Gasteiger partial charge in [-0.2, -0.15) is 0 Å². The Morgan fingerprint density at radius 2 is 1.38 bits per heavy atom. The van der Waals surface area contributed by atoms with E-state index in [2.05, 4.69) is 27.5 Å². The van der Waals surface area contributed by atoms with Gasteiger partial charge in [-0.05, 0) is 74.3 Å². The molecule has 53 heavy (non-hydrogen) atoms. The molecule has 282 valence electrons. The van der Waals surface area contributed by atoms with E-state index >= 15 is 0 Å². The van der Waals surface area contributed by atoms with Gasteiger partial charge in [0, 0.05) is 42.2 Å². The normalized spacial score (nSPS) is 18.0. The molecule has 3 N–H and O–H groups in total. The van der Waals surface area contributed by atoms with Crippen molar-refractivity contribution in [3.05, 3.63) is 65.0 Å². The molecule has 0 bridgehead atoms. The number of ketones is 1. The van der Waals surface area contributed by atoms with E-state index in [-0.39, 0.29) is 41.5 Å². The molecule has 0 radical (unpaired) electrons. The van der Waals surface area contributed by atoms with Crippen molar-refractivity contribution in [1.29, 1.82) is 0 Å². The number of nitrogens with one attached hydrogen (secondary N) is 3. The monoisotopic (exact) mass is 726 g/mol. The molecular formula is C40H50N6O7. The average molecular weight is 727 g/mol. The third-order valence-corrected chi connectivity index (χ3v) is 10.1. The van der Waals surface area contributed by atoms with Crippen LogP contribution in [-0.2, 0) is 19.1 Å². The van der Waals surface area contributed by atoms with Crippen LogP contribution in [0.4, 0.5) is 9.59 Å². The number of methoxy groups -OCH3 is 2. The van der Waals surface area contributed by atoms with E-state index in [1.54, 1.807) is 21.9 Å². The smallest absolute Gasteiger partial charge is 0.407 e. The van der Waals surface area contributed by atoms with Crippen molar-refractivity contribution in [2.45, 2.75) is 90.4 Å². The van der Waals surface area contributed by atoms with E-state index in [0.29, 0.717) is 37.3 Å². The molecule has 0 saturated carbocycles. The van der Waals surface area contributed by atoms with E-state index < -0.39 is 24.3 Å². The van der Waals surface area contributed by atoms with Gasteiger partial charge in [0.1, 0.15) is 17.9 Å². The maximum atomic E-state index is 13.5. The number of likely N-dealkylation sites (tertiary alicyclic amines) is 2. The molecule has 4 amide bonds. The minimum absolute atomic E-state index is 0.000568. The largest absolute Gasteiger partial charge is 0.453 e. The second kappa shape index (κ2) is 17.4. The molecule has 5 rings (SSSR count). The molecule has 2 aromatic carbocycles. The molecule has 2 fully saturated rings. The van der Waals surface area contributed by atoms with Crippen molar-refractivity contribution >= 4 is 40.8 Å². The molecule has 2 aliphatic rings. The zero-order valence-corrected chi connectivity index (χ0v) is 31.4. The molecule has 0 spiro atoms. The Kier molecular flexibility index (Phi) is 12.8. The standard InChI is InChI=1S/C40H50N6O7/c1-24(2)34(43-39(50)52-5)37(48)45-21-7-9-29(45)18-20-33(47)28-16-13-26(14-17-28)11-12-27-15-19-30-31(23-27)42-36(41-30)32-10-8-22-46(32)38(49)35(25(3)4)44-40(51)53-6/h13-17,19,23-25,29,32,34-35H,7-10,18,20-22H2,1-6H3,(H,41,42)(H,43,50)(H,44,51)/t29?,32?,34-,35-/m1/s1. The van der Waals surface area contributed by atoms with Crippen LogP contribution in [0, 0.1) is 23.7 Å². The summed E-state index contributed by atoms with van der Waals surface area (Å²) in [4.78, 5) is 75.5. The summed E-state index contributed by atoms with van der Waals surface area (Å²) in [5.41, 5.74) is 3.71. The Labute approximate surface area is 310 Å². The molecule has 1 aromatic heterocycles. The summed E-state index contributed by atoms with van der Waals surface area (Å²) in [5.74, 6) is 6.53. The van der Waals surface area contributed by atoms with E-state index in [9.17, 15) is 24.0 Å². The number of Topliss-reactive ketones (excluding diaryl/α,β-unsaturated/α-hetero) is 1. The second-order valence-electron chi connectivity index (χ2n) is 14.4. The Morgan fingerprint density at radius 3 is 2.00 bits per heavy atom. The third-order valence-electron chi connectivity index (χ3n) is 10.1. The van der Waals surface area contributed by atoms with Crippen LogP contribution in [0.15, 0.2) is 42.5 Å². The molecule has 13 heteroatoms. The average Bonchev–Trinajstić information content (AvgIpc) is 3.93. The predicted molar refractivity (Wildman–Crippen MR) is 199 cm³/mol. The van der Waals surface area contributed by atoms with Crippen molar-refractivity contribution < 1.29 is 33.4 Å². The molecule has 3 aromatic rings. The minimum atomic E-state index is -0.705. The van der Waals surface area contributed by atoms with E-state index in [1.807, 2.05) is 58.0 Å². The van der Waals surface area contributed by atoms with Crippen molar-refractivity contribution in [2.75, 3.05) is 27.3 Å². The maximum absolute atomic E-state index is 13.5.